The number of aromatic nitrogens is 3. The minimum absolute atomic E-state index is 0.140. The fraction of sp³-hybridized carbons (Fsp3) is 0.619. The summed E-state index contributed by atoms with van der Waals surface area (Å²) in [5.74, 6) is 2.54. The maximum absolute atomic E-state index is 12.0. The maximum atomic E-state index is 12.0. The van der Waals surface area contributed by atoms with Crippen LogP contribution in [0.4, 0.5) is 4.79 Å². The third-order valence-corrected chi connectivity index (χ3v) is 4.79. The largest absolute Gasteiger partial charge is 0.461 e. The van der Waals surface area contributed by atoms with Crippen LogP contribution < -0.4 is 16.0 Å². The lowest BCUT2D eigenvalue weighted by molar-refractivity contribution is 0.0490. The molecule has 0 aliphatic heterocycles. The van der Waals surface area contributed by atoms with Crippen molar-refractivity contribution in [1.29, 1.82) is 0 Å². The number of ether oxygens (including phenoxy) is 1. The molecule has 0 atom stereocenters. The van der Waals surface area contributed by atoms with E-state index in [1.165, 1.54) is 0 Å². The number of aromatic amines is 1. The summed E-state index contributed by atoms with van der Waals surface area (Å²) >= 11 is 0. The Balaban J connectivity index is 1.47. The van der Waals surface area contributed by atoms with E-state index in [4.69, 9.17) is 9.15 Å². The van der Waals surface area contributed by atoms with Gasteiger partial charge in [0.15, 0.2) is 11.7 Å². The number of furan rings is 1. The number of amides is 1. The highest BCUT2D eigenvalue weighted by Gasteiger charge is 2.25. The van der Waals surface area contributed by atoms with E-state index in [0.29, 0.717) is 30.0 Å². The quantitative estimate of drug-likeness (QED) is 0.409. The summed E-state index contributed by atoms with van der Waals surface area (Å²) in [4.78, 5) is 21.0. The van der Waals surface area contributed by atoms with E-state index >= 15 is 0 Å². The first-order chi connectivity index (χ1) is 14.8. The molecule has 3 rings (SSSR count). The third kappa shape index (κ3) is 7.30. The second-order valence-corrected chi connectivity index (χ2v) is 8.62. The van der Waals surface area contributed by atoms with Gasteiger partial charge in [-0.2, -0.15) is 0 Å². The predicted octanol–water partition coefficient (Wildman–Crippen LogP) is 2.96. The Morgan fingerprint density at radius 1 is 1.26 bits per heavy atom. The molecule has 10 heteroatoms. The molecule has 2 heterocycles. The van der Waals surface area contributed by atoms with Crippen LogP contribution in [-0.2, 0) is 11.3 Å². The van der Waals surface area contributed by atoms with Crippen molar-refractivity contribution in [2.45, 2.75) is 77.6 Å². The molecule has 0 saturated heterocycles. The topological polar surface area (TPSA) is 129 Å². The van der Waals surface area contributed by atoms with Crippen LogP contribution in [0, 0.1) is 0 Å². The van der Waals surface area contributed by atoms with Crippen molar-refractivity contribution in [2.75, 3.05) is 6.54 Å². The summed E-state index contributed by atoms with van der Waals surface area (Å²) in [5.41, 5.74) is -0.484. The number of hydrogen-bond donors (Lipinski definition) is 4. The number of carbonyl (C=O) groups excluding carboxylic acids is 1. The van der Waals surface area contributed by atoms with Gasteiger partial charge in [-0.1, -0.05) is 0 Å². The molecule has 0 unspecified atom stereocenters. The van der Waals surface area contributed by atoms with E-state index in [-0.39, 0.29) is 12.1 Å². The van der Waals surface area contributed by atoms with E-state index in [0.717, 1.165) is 38.2 Å². The zero-order valence-electron chi connectivity index (χ0n) is 18.7. The molecule has 1 fully saturated rings. The highest BCUT2D eigenvalue weighted by atomic mass is 16.6. The number of aliphatic imine (C=N–C) groups is 1. The molecule has 10 nitrogen and oxygen atoms in total. The average molecular weight is 432 g/mol. The molecule has 1 amide bonds. The third-order valence-electron chi connectivity index (χ3n) is 4.79. The fourth-order valence-corrected chi connectivity index (χ4v) is 3.41. The van der Waals surface area contributed by atoms with Gasteiger partial charge in [-0.05, 0) is 65.5 Å². The smallest absolute Gasteiger partial charge is 0.407 e. The molecule has 0 spiro atoms. The van der Waals surface area contributed by atoms with E-state index in [1.54, 1.807) is 12.3 Å². The Morgan fingerprint density at radius 3 is 2.58 bits per heavy atom. The number of carbonyl (C=O) groups is 1. The first-order valence-electron chi connectivity index (χ1n) is 10.8. The van der Waals surface area contributed by atoms with Crippen LogP contribution in [0.3, 0.4) is 0 Å². The molecule has 4 N–H and O–H groups in total. The van der Waals surface area contributed by atoms with Crippen LogP contribution in [0.25, 0.3) is 11.6 Å². The average Bonchev–Trinajstić information content (AvgIpc) is 3.38. The van der Waals surface area contributed by atoms with Crippen LogP contribution in [0.2, 0.25) is 0 Å². The van der Waals surface area contributed by atoms with E-state index in [1.807, 2.05) is 33.8 Å². The first kappa shape index (κ1) is 22.6. The SMILES string of the molecule is CCNC(=NCc1nc(-c2ccco2)n[nH]1)NC1CCC(NC(=O)OC(C)(C)C)CC1. The van der Waals surface area contributed by atoms with Gasteiger partial charge in [0.05, 0.1) is 6.26 Å². The summed E-state index contributed by atoms with van der Waals surface area (Å²) in [6.45, 7) is 8.76. The van der Waals surface area contributed by atoms with Crippen LogP contribution in [0.5, 0.6) is 0 Å². The van der Waals surface area contributed by atoms with Crippen LogP contribution in [0.1, 0.15) is 59.2 Å². The fourth-order valence-electron chi connectivity index (χ4n) is 3.41. The summed E-state index contributed by atoms with van der Waals surface area (Å²) in [7, 11) is 0. The van der Waals surface area contributed by atoms with E-state index in [9.17, 15) is 4.79 Å². The van der Waals surface area contributed by atoms with Gasteiger partial charge in [-0.25, -0.2) is 14.8 Å². The van der Waals surface area contributed by atoms with Crippen molar-refractivity contribution < 1.29 is 13.9 Å². The second kappa shape index (κ2) is 10.3. The van der Waals surface area contributed by atoms with E-state index in [2.05, 4.69) is 36.1 Å². The second-order valence-electron chi connectivity index (χ2n) is 8.62. The lowest BCUT2D eigenvalue weighted by atomic mass is 9.91. The number of hydrogen-bond acceptors (Lipinski definition) is 6. The van der Waals surface area contributed by atoms with Crippen molar-refractivity contribution >= 4 is 12.1 Å². The normalized spacial score (nSPS) is 19.7. The molecule has 2 aromatic heterocycles. The highest BCUT2D eigenvalue weighted by Crippen LogP contribution is 2.19. The summed E-state index contributed by atoms with van der Waals surface area (Å²) < 4.78 is 10.7. The number of nitrogens with one attached hydrogen (secondary N) is 4. The summed E-state index contributed by atoms with van der Waals surface area (Å²) in [5, 5.41) is 16.8. The number of alkyl carbamates (subject to hydrolysis) is 1. The van der Waals surface area contributed by atoms with Gasteiger partial charge in [-0.15, -0.1) is 5.10 Å². The molecule has 1 aliphatic rings. The molecule has 2 aromatic rings. The van der Waals surface area contributed by atoms with Gasteiger partial charge in [0.2, 0.25) is 5.82 Å². The lowest BCUT2D eigenvalue weighted by Crippen LogP contribution is -2.48. The summed E-state index contributed by atoms with van der Waals surface area (Å²) in [6.07, 6.45) is 4.91. The molecule has 1 saturated carbocycles. The van der Waals surface area contributed by atoms with Gasteiger partial charge in [0.25, 0.3) is 0 Å². The number of nitrogens with zero attached hydrogens (tertiary/aromatic N) is 3. The van der Waals surface area contributed by atoms with Crippen LogP contribution in [0.15, 0.2) is 27.8 Å². The molecule has 31 heavy (non-hydrogen) atoms. The predicted molar refractivity (Wildman–Crippen MR) is 117 cm³/mol. The number of guanidine groups is 1. The maximum Gasteiger partial charge on any atom is 0.407 e. The lowest BCUT2D eigenvalue weighted by Gasteiger charge is -2.31. The van der Waals surface area contributed by atoms with Crippen molar-refractivity contribution in [3.05, 3.63) is 24.2 Å². The molecular weight excluding hydrogens is 398 g/mol. The Morgan fingerprint density at radius 2 is 1.97 bits per heavy atom. The van der Waals surface area contributed by atoms with Gasteiger partial charge >= 0.3 is 6.09 Å². The monoisotopic (exact) mass is 431 g/mol. The molecule has 0 radical (unpaired) electrons. The van der Waals surface area contributed by atoms with Gasteiger partial charge in [-0.3, -0.25) is 5.10 Å². The zero-order chi connectivity index (χ0) is 22.3. The Hall–Kier alpha value is -3.04. The molecule has 170 valence electrons. The van der Waals surface area contributed by atoms with Crippen LogP contribution >= 0.6 is 0 Å². The standard InChI is InChI=1S/C21H33N7O3/c1-5-22-19(23-13-17-26-18(28-27-17)16-7-6-12-30-16)24-14-8-10-15(11-9-14)25-20(29)31-21(2,3)4/h6-7,12,14-15H,5,8-11,13H2,1-4H3,(H,25,29)(H2,22,23,24)(H,26,27,28). The first-order valence-corrected chi connectivity index (χ1v) is 10.8. The number of H-pyrrole nitrogens is 1. The van der Waals surface area contributed by atoms with Crippen molar-refractivity contribution in [1.82, 2.24) is 31.1 Å². The Kier molecular flexibility index (Phi) is 7.54. The van der Waals surface area contributed by atoms with Gasteiger partial charge < -0.3 is 25.1 Å². The molecular formula is C21H33N7O3. The molecule has 0 bridgehead atoms. The number of rotatable bonds is 6. The zero-order valence-corrected chi connectivity index (χ0v) is 18.7. The highest BCUT2D eigenvalue weighted by molar-refractivity contribution is 5.80. The van der Waals surface area contributed by atoms with Crippen LogP contribution in [-0.4, -0.2) is 51.5 Å². The minimum Gasteiger partial charge on any atom is -0.461 e. The Labute approximate surface area is 182 Å². The molecule has 1 aliphatic carbocycles. The van der Waals surface area contributed by atoms with Gasteiger partial charge in [0, 0.05) is 18.6 Å². The van der Waals surface area contributed by atoms with Crippen molar-refractivity contribution in [3.8, 4) is 11.6 Å². The van der Waals surface area contributed by atoms with E-state index < -0.39 is 5.60 Å². The van der Waals surface area contributed by atoms with Crippen molar-refractivity contribution in [3.63, 3.8) is 0 Å². The molecule has 0 aromatic carbocycles. The Bertz CT molecular complexity index is 847. The minimum atomic E-state index is -0.484. The van der Waals surface area contributed by atoms with Crippen molar-refractivity contribution in [2.24, 2.45) is 4.99 Å². The summed E-state index contributed by atoms with van der Waals surface area (Å²) in [6, 6.07) is 4.05. The van der Waals surface area contributed by atoms with Gasteiger partial charge in [0.1, 0.15) is 18.0 Å².